The normalized spacial score (nSPS) is 9.83. The second-order valence-corrected chi connectivity index (χ2v) is 4.87. The minimum Gasteiger partial charge on any atom is -0.366 e. The summed E-state index contributed by atoms with van der Waals surface area (Å²) in [4.78, 5) is 4.24. The summed E-state index contributed by atoms with van der Waals surface area (Å²) in [6.45, 7) is 2.57. The minimum absolute atomic E-state index is 0.468. The molecule has 4 heteroatoms. The van der Waals surface area contributed by atoms with E-state index in [2.05, 4.69) is 32.3 Å². The van der Waals surface area contributed by atoms with Crippen LogP contribution in [-0.4, -0.2) is 4.98 Å². The molecular weight excluding hydrogens is 290 g/mol. The quantitative estimate of drug-likeness (QED) is 0.941. The van der Waals surface area contributed by atoms with Gasteiger partial charge in [-0.05, 0) is 36.2 Å². The molecule has 1 heterocycles. The molecule has 0 fully saturated rings. The Hall–Kier alpha value is -1.86. The molecule has 1 aromatic carbocycles. The van der Waals surface area contributed by atoms with Gasteiger partial charge in [0.2, 0.25) is 0 Å². The van der Waals surface area contributed by atoms with Gasteiger partial charge >= 0.3 is 0 Å². The molecule has 0 radical (unpaired) electrons. The Bertz CT molecular complexity index is 585. The van der Waals surface area contributed by atoms with Crippen molar-refractivity contribution < 1.29 is 0 Å². The van der Waals surface area contributed by atoms with Gasteiger partial charge in [0.15, 0.2) is 0 Å². The molecule has 2 rings (SSSR count). The summed E-state index contributed by atoms with van der Waals surface area (Å²) in [5.74, 6) is 0.722. The number of aryl methyl sites for hydroxylation is 1. The average molecular weight is 302 g/mol. The lowest BCUT2D eigenvalue weighted by Crippen LogP contribution is -2.02. The first-order valence-corrected chi connectivity index (χ1v) is 6.34. The van der Waals surface area contributed by atoms with Crippen molar-refractivity contribution in [3.63, 3.8) is 0 Å². The van der Waals surface area contributed by atoms with Gasteiger partial charge in [-0.2, -0.15) is 5.26 Å². The molecule has 3 nitrogen and oxygen atoms in total. The highest BCUT2D eigenvalue weighted by Crippen LogP contribution is 2.13. The first kappa shape index (κ1) is 12.6. The Balaban J connectivity index is 2.06. The second-order valence-electron chi connectivity index (χ2n) is 3.95. The van der Waals surface area contributed by atoms with E-state index in [-0.39, 0.29) is 0 Å². The summed E-state index contributed by atoms with van der Waals surface area (Å²) in [6.07, 6.45) is 0. The van der Waals surface area contributed by atoms with Gasteiger partial charge in [-0.15, -0.1) is 0 Å². The maximum atomic E-state index is 8.91. The monoisotopic (exact) mass is 301 g/mol. The lowest BCUT2D eigenvalue weighted by atomic mass is 10.2. The molecule has 0 saturated carbocycles. The topological polar surface area (TPSA) is 48.7 Å². The number of aromatic nitrogens is 1. The largest absolute Gasteiger partial charge is 0.366 e. The van der Waals surface area contributed by atoms with Gasteiger partial charge < -0.3 is 5.32 Å². The van der Waals surface area contributed by atoms with E-state index in [1.54, 1.807) is 0 Å². The van der Waals surface area contributed by atoms with E-state index in [9.17, 15) is 0 Å². The third-order valence-electron chi connectivity index (χ3n) is 2.59. The number of benzene rings is 1. The zero-order valence-electron chi connectivity index (χ0n) is 9.94. The van der Waals surface area contributed by atoms with Crippen LogP contribution < -0.4 is 5.32 Å². The Morgan fingerprint density at radius 3 is 2.61 bits per heavy atom. The van der Waals surface area contributed by atoms with Gasteiger partial charge in [-0.25, -0.2) is 4.98 Å². The van der Waals surface area contributed by atoms with Gasteiger partial charge in [0.25, 0.3) is 0 Å². The highest BCUT2D eigenvalue weighted by Gasteiger charge is 2.01. The van der Waals surface area contributed by atoms with Crippen LogP contribution in [0.2, 0.25) is 0 Å². The van der Waals surface area contributed by atoms with Gasteiger partial charge in [-0.1, -0.05) is 34.1 Å². The number of nitrogens with one attached hydrogen (secondary N) is 1. The molecule has 0 spiro atoms. The molecule has 1 aromatic heterocycles. The van der Waals surface area contributed by atoms with E-state index >= 15 is 0 Å². The summed E-state index contributed by atoms with van der Waals surface area (Å²) in [5, 5.41) is 12.1. The summed E-state index contributed by atoms with van der Waals surface area (Å²) in [7, 11) is 0. The number of hydrogen-bond acceptors (Lipinski definition) is 3. The highest BCUT2D eigenvalue weighted by atomic mass is 79.9. The lowest BCUT2D eigenvalue weighted by molar-refractivity contribution is 1.09. The predicted molar refractivity (Wildman–Crippen MR) is 75.2 cm³/mol. The summed E-state index contributed by atoms with van der Waals surface area (Å²) < 4.78 is 1.06. The van der Waals surface area contributed by atoms with Crippen LogP contribution in [0.1, 0.15) is 16.8 Å². The molecule has 1 N–H and O–H groups in total. The van der Waals surface area contributed by atoms with Gasteiger partial charge in [-0.3, -0.25) is 0 Å². The Morgan fingerprint density at radius 1 is 1.22 bits per heavy atom. The Kier molecular flexibility index (Phi) is 3.96. The molecule has 0 amide bonds. The van der Waals surface area contributed by atoms with Crippen molar-refractivity contribution in [3.05, 3.63) is 57.7 Å². The van der Waals surface area contributed by atoms with Crippen LogP contribution in [0.5, 0.6) is 0 Å². The van der Waals surface area contributed by atoms with Crippen LogP contribution in [0.25, 0.3) is 0 Å². The summed E-state index contributed by atoms with van der Waals surface area (Å²) in [6, 6.07) is 13.9. The van der Waals surface area contributed by atoms with Crippen molar-refractivity contribution in [2.45, 2.75) is 13.5 Å². The fraction of sp³-hybridized carbons (Fsp3) is 0.143. The molecular formula is C14H12BrN3. The molecule has 2 aromatic rings. The predicted octanol–water partition coefficient (Wildman–Crippen LogP) is 3.64. The molecule has 0 aliphatic carbocycles. The van der Waals surface area contributed by atoms with Crippen LogP contribution >= 0.6 is 15.9 Å². The Labute approximate surface area is 115 Å². The van der Waals surface area contributed by atoms with Crippen LogP contribution in [0.3, 0.4) is 0 Å². The highest BCUT2D eigenvalue weighted by molar-refractivity contribution is 9.10. The van der Waals surface area contributed by atoms with Crippen molar-refractivity contribution in [2.75, 3.05) is 5.32 Å². The number of pyridine rings is 1. The fourth-order valence-corrected chi connectivity index (χ4v) is 1.80. The number of hydrogen-bond donors (Lipinski definition) is 1. The second kappa shape index (κ2) is 5.65. The number of nitrogens with zero attached hydrogens (tertiary/aromatic N) is 2. The van der Waals surface area contributed by atoms with Crippen LogP contribution in [0, 0.1) is 18.3 Å². The lowest BCUT2D eigenvalue weighted by Gasteiger charge is -2.07. The van der Waals surface area contributed by atoms with Gasteiger partial charge in [0.05, 0.1) is 0 Å². The third kappa shape index (κ3) is 3.08. The zero-order valence-corrected chi connectivity index (χ0v) is 11.5. The van der Waals surface area contributed by atoms with Crippen molar-refractivity contribution in [1.82, 2.24) is 4.98 Å². The van der Waals surface area contributed by atoms with E-state index in [1.807, 2.05) is 43.3 Å². The first-order valence-electron chi connectivity index (χ1n) is 5.55. The van der Waals surface area contributed by atoms with Crippen LogP contribution in [0.4, 0.5) is 5.82 Å². The summed E-state index contributed by atoms with van der Waals surface area (Å²) in [5.41, 5.74) is 2.53. The molecule has 0 aliphatic heterocycles. The molecule has 0 saturated heterocycles. The SMILES string of the molecule is Cc1ccc(NCc2ccc(Br)cc2)nc1C#N. The van der Waals surface area contributed by atoms with Crippen molar-refractivity contribution >= 4 is 21.7 Å². The van der Waals surface area contributed by atoms with Crippen LogP contribution in [0.15, 0.2) is 40.9 Å². The molecule has 18 heavy (non-hydrogen) atoms. The number of rotatable bonds is 3. The molecule has 90 valence electrons. The smallest absolute Gasteiger partial charge is 0.145 e. The van der Waals surface area contributed by atoms with Crippen molar-refractivity contribution in [3.8, 4) is 6.07 Å². The average Bonchev–Trinajstić information content (AvgIpc) is 2.39. The molecule has 0 unspecified atom stereocenters. The van der Waals surface area contributed by atoms with E-state index in [0.29, 0.717) is 12.2 Å². The third-order valence-corrected chi connectivity index (χ3v) is 3.12. The summed E-state index contributed by atoms with van der Waals surface area (Å²) >= 11 is 3.40. The van der Waals surface area contributed by atoms with Crippen molar-refractivity contribution in [1.29, 1.82) is 5.26 Å². The number of anilines is 1. The van der Waals surface area contributed by atoms with E-state index in [4.69, 9.17) is 5.26 Å². The fourth-order valence-electron chi connectivity index (χ4n) is 1.54. The molecule has 0 aliphatic rings. The number of nitriles is 1. The molecule has 0 bridgehead atoms. The maximum absolute atomic E-state index is 8.91. The van der Waals surface area contributed by atoms with E-state index in [1.165, 1.54) is 5.56 Å². The van der Waals surface area contributed by atoms with E-state index < -0.39 is 0 Å². The standard InChI is InChI=1S/C14H12BrN3/c1-10-2-7-14(18-13(10)8-16)17-9-11-3-5-12(15)6-4-11/h2-7H,9H2,1H3,(H,17,18). The van der Waals surface area contributed by atoms with Crippen molar-refractivity contribution in [2.24, 2.45) is 0 Å². The first-order chi connectivity index (χ1) is 8.69. The zero-order chi connectivity index (χ0) is 13.0. The van der Waals surface area contributed by atoms with Gasteiger partial charge in [0, 0.05) is 11.0 Å². The van der Waals surface area contributed by atoms with Crippen LogP contribution in [-0.2, 0) is 6.54 Å². The van der Waals surface area contributed by atoms with Gasteiger partial charge in [0.1, 0.15) is 17.6 Å². The van der Waals surface area contributed by atoms with E-state index in [0.717, 1.165) is 15.9 Å². The molecule has 0 atom stereocenters. The minimum atomic E-state index is 0.468. The Morgan fingerprint density at radius 2 is 1.94 bits per heavy atom. The number of halogens is 1. The maximum Gasteiger partial charge on any atom is 0.145 e.